The molecule has 1 rings (SSSR count). The maximum absolute atomic E-state index is 11.6. The van der Waals surface area contributed by atoms with Crippen LogP contribution in [-0.2, 0) is 4.79 Å². The van der Waals surface area contributed by atoms with E-state index in [1.54, 1.807) is 31.5 Å². The highest BCUT2D eigenvalue weighted by Gasteiger charge is 2.25. The van der Waals surface area contributed by atoms with Crippen molar-refractivity contribution < 1.29 is 19.8 Å². The van der Waals surface area contributed by atoms with E-state index in [9.17, 15) is 14.7 Å². The Kier molecular flexibility index (Phi) is 5.25. The number of hydrogen-bond donors (Lipinski definition) is 4. The number of aliphatic hydroxyl groups excluding tert-OH is 1. The normalized spacial score (nSPS) is 15.1. The quantitative estimate of drug-likeness (QED) is 0.612. The Bertz CT molecular complexity index is 436. The number of carboxylic acids is 1. The molecule has 1 aromatic rings. The van der Waals surface area contributed by atoms with E-state index in [0.29, 0.717) is 0 Å². The van der Waals surface area contributed by atoms with Gasteiger partial charge in [-0.2, -0.15) is 0 Å². The first-order valence-electron chi connectivity index (χ1n) is 5.79. The number of nitrogens with one attached hydrogen (secondary N) is 2. The first-order valence-corrected chi connectivity index (χ1v) is 5.79. The zero-order valence-electron chi connectivity index (χ0n) is 10.7. The number of nitrogens with zero attached hydrogens (tertiary/aromatic N) is 1. The number of aromatic nitrogens is 1. The van der Waals surface area contributed by atoms with E-state index in [0.717, 1.165) is 5.56 Å². The van der Waals surface area contributed by atoms with Crippen LogP contribution in [0.2, 0.25) is 0 Å². The van der Waals surface area contributed by atoms with Crippen molar-refractivity contribution in [1.29, 1.82) is 0 Å². The molecule has 7 nitrogen and oxygen atoms in total. The number of pyridine rings is 1. The Morgan fingerprint density at radius 2 is 2.00 bits per heavy atom. The fourth-order valence-electron chi connectivity index (χ4n) is 1.48. The van der Waals surface area contributed by atoms with Crippen molar-refractivity contribution in [2.45, 2.75) is 32.0 Å². The van der Waals surface area contributed by atoms with Crippen LogP contribution in [0.1, 0.15) is 25.5 Å². The van der Waals surface area contributed by atoms with Gasteiger partial charge in [-0.1, -0.05) is 6.07 Å². The predicted octanol–water partition coefficient (Wildman–Crippen LogP) is 0.276. The molecule has 3 atom stereocenters. The maximum atomic E-state index is 11.6. The lowest BCUT2D eigenvalue weighted by Gasteiger charge is -2.20. The van der Waals surface area contributed by atoms with E-state index in [2.05, 4.69) is 15.6 Å². The number of carboxylic acid groups (broad SMARTS) is 1. The Balaban J connectivity index is 2.58. The number of hydrogen-bond acceptors (Lipinski definition) is 4. The summed E-state index contributed by atoms with van der Waals surface area (Å²) >= 11 is 0. The second-order valence-corrected chi connectivity index (χ2v) is 4.18. The van der Waals surface area contributed by atoms with Gasteiger partial charge in [0.15, 0.2) is 6.04 Å². The van der Waals surface area contributed by atoms with Gasteiger partial charge in [0.25, 0.3) is 0 Å². The first kappa shape index (κ1) is 14.9. The lowest BCUT2D eigenvalue weighted by molar-refractivity contribution is -0.141. The van der Waals surface area contributed by atoms with E-state index in [-0.39, 0.29) is 6.04 Å². The fraction of sp³-hybridized carbons (Fsp3) is 0.417. The average molecular weight is 267 g/mol. The number of aliphatic carboxylic acids is 1. The Hall–Kier alpha value is -2.15. The summed E-state index contributed by atoms with van der Waals surface area (Å²) in [5.41, 5.74) is 0.793. The Labute approximate surface area is 110 Å². The number of carbonyl (C=O) groups is 2. The molecule has 1 heterocycles. The van der Waals surface area contributed by atoms with Gasteiger partial charge in [-0.15, -0.1) is 0 Å². The highest BCUT2D eigenvalue weighted by Crippen LogP contribution is 2.09. The van der Waals surface area contributed by atoms with Crippen LogP contribution in [0.25, 0.3) is 0 Å². The number of amides is 2. The van der Waals surface area contributed by atoms with Crippen LogP contribution in [0.15, 0.2) is 24.5 Å². The summed E-state index contributed by atoms with van der Waals surface area (Å²) in [6, 6.07) is 1.20. The highest BCUT2D eigenvalue weighted by molar-refractivity contribution is 5.83. The van der Waals surface area contributed by atoms with Crippen LogP contribution >= 0.6 is 0 Å². The molecule has 0 aromatic carbocycles. The Morgan fingerprint density at radius 1 is 1.32 bits per heavy atom. The number of carbonyl (C=O) groups excluding carboxylic acids is 1. The van der Waals surface area contributed by atoms with Crippen LogP contribution in [-0.4, -0.2) is 39.3 Å². The van der Waals surface area contributed by atoms with E-state index >= 15 is 0 Å². The van der Waals surface area contributed by atoms with Crippen molar-refractivity contribution in [2.75, 3.05) is 0 Å². The van der Waals surface area contributed by atoms with Crippen molar-refractivity contribution in [3.8, 4) is 0 Å². The largest absolute Gasteiger partial charge is 0.480 e. The van der Waals surface area contributed by atoms with E-state index in [1.165, 1.54) is 6.92 Å². The Morgan fingerprint density at radius 3 is 2.47 bits per heavy atom. The summed E-state index contributed by atoms with van der Waals surface area (Å²) in [6.45, 7) is 3.04. The zero-order chi connectivity index (χ0) is 14.4. The predicted molar refractivity (Wildman–Crippen MR) is 67.4 cm³/mol. The van der Waals surface area contributed by atoms with Gasteiger partial charge in [0, 0.05) is 12.4 Å². The molecule has 0 aliphatic heterocycles. The second-order valence-electron chi connectivity index (χ2n) is 4.18. The smallest absolute Gasteiger partial charge is 0.328 e. The summed E-state index contributed by atoms with van der Waals surface area (Å²) in [4.78, 5) is 26.4. The standard InChI is InChI=1S/C12H17N3O4/c1-7(9-4-3-5-13-6-9)14-12(19)15-10(8(2)16)11(17)18/h3-8,10,16H,1-2H3,(H,17,18)(H2,14,15,19). The van der Waals surface area contributed by atoms with E-state index < -0.39 is 24.1 Å². The van der Waals surface area contributed by atoms with Gasteiger partial charge < -0.3 is 20.8 Å². The van der Waals surface area contributed by atoms with Crippen molar-refractivity contribution >= 4 is 12.0 Å². The maximum Gasteiger partial charge on any atom is 0.328 e. The third-order valence-electron chi connectivity index (χ3n) is 2.57. The highest BCUT2D eigenvalue weighted by atomic mass is 16.4. The van der Waals surface area contributed by atoms with Crippen LogP contribution in [0.5, 0.6) is 0 Å². The monoisotopic (exact) mass is 267 g/mol. The molecular formula is C12H17N3O4. The van der Waals surface area contributed by atoms with Crippen LogP contribution in [0.4, 0.5) is 4.79 Å². The fourth-order valence-corrected chi connectivity index (χ4v) is 1.48. The minimum Gasteiger partial charge on any atom is -0.480 e. The molecule has 7 heteroatoms. The molecule has 0 saturated heterocycles. The molecule has 2 amide bonds. The summed E-state index contributed by atoms with van der Waals surface area (Å²) in [6.07, 6.45) is 2.04. The van der Waals surface area contributed by atoms with Crippen molar-refractivity contribution in [2.24, 2.45) is 0 Å². The minimum absolute atomic E-state index is 0.322. The number of urea groups is 1. The van der Waals surface area contributed by atoms with Crippen LogP contribution in [0.3, 0.4) is 0 Å². The summed E-state index contributed by atoms with van der Waals surface area (Å²) in [7, 11) is 0. The molecule has 0 spiro atoms. The molecular weight excluding hydrogens is 250 g/mol. The van der Waals surface area contributed by atoms with Gasteiger partial charge in [0.05, 0.1) is 12.1 Å². The topological polar surface area (TPSA) is 112 Å². The van der Waals surface area contributed by atoms with Gasteiger partial charge in [-0.25, -0.2) is 9.59 Å². The van der Waals surface area contributed by atoms with Crippen molar-refractivity contribution in [3.63, 3.8) is 0 Å². The van der Waals surface area contributed by atoms with Crippen LogP contribution in [0, 0.1) is 0 Å². The molecule has 0 fully saturated rings. The molecule has 19 heavy (non-hydrogen) atoms. The van der Waals surface area contributed by atoms with E-state index in [1.807, 2.05) is 0 Å². The molecule has 3 unspecified atom stereocenters. The molecule has 0 saturated carbocycles. The summed E-state index contributed by atoms with van der Waals surface area (Å²) in [5, 5.41) is 22.8. The number of rotatable bonds is 5. The third kappa shape index (κ3) is 4.55. The second kappa shape index (κ2) is 6.69. The average Bonchev–Trinajstić information content (AvgIpc) is 2.36. The van der Waals surface area contributed by atoms with E-state index in [4.69, 9.17) is 5.11 Å². The van der Waals surface area contributed by atoms with Gasteiger partial charge in [0.1, 0.15) is 0 Å². The lowest BCUT2D eigenvalue weighted by atomic mass is 10.1. The summed E-state index contributed by atoms with van der Waals surface area (Å²) < 4.78 is 0. The van der Waals surface area contributed by atoms with Gasteiger partial charge in [-0.05, 0) is 25.5 Å². The third-order valence-corrected chi connectivity index (χ3v) is 2.57. The summed E-state index contributed by atoms with van der Waals surface area (Å²) in [5.74, 6) is -1.29. The van der Waals surface area contributed by atoms with Crippen molar-refractivity contribution in [1.82, 2.24) is 15.6 Å². The molecule has 0 bridgehead atoms. The number of aliphatic hydroxyl groups is 1. The molecule has 0 aliphatic rings. The lowest BCUT2D eigenvalue weighted by Crippen LogP contribution is -2.51. The van der Waals surface area contributed by atoms with Crippen LogP contribution < -0.4 is 10.6 Å². The van der Waals surface area contributed by atoms with Gasteiger partial charge in [0.2, 0.25) is 0 Å². The first-order chi connectivity index (χ1) is 8.91. The molecule has 1 aromatic heterocycles. The molecule has 0 radical (unpaired) electrons. The van der Waals surface area contributed by atoms with Gasteiger partial charge >= 0.3 is 12.0 Å². The van der Waals surface area contributed by atoms with Gasteiger partial charge in [-0.3, -0.25) is 4.98 Å². The zero-order valence-corrected chi connectivity index (χ0v) is 10.7. The molecule has 4 N–H and O–H groups in total. The SMILES string of the molecule is CC(NC(=O)NC(C(=O)O)C(C)O)c1cccnc1. The minimum atomic E-state index is -1.35. The van der Waals surface area contributed by atoms with Crippen molar-refractivity contribution in [3.05, 3.63) is 30.1 Å². The molecule has 104 valence electrons. The molecule has 0 aliphatic carbocycles.